The highest BCUT2D eigenvalue weighted by Crippen LogP contribution is 2.45. The van der Waals surface area contributed by atoms with E-state index in [1.165, 1.54) is 6.07 Å². The molecular weight excluding hydrogens is 421 g/mol. The Hall–Kier alpha value is -2.76. The Balaban J connectivity index is 1.48. The SMILES string of the molecule is CNC(=O)C1CC2(CCN(c3ccc(C#N)c(C(F)(F)F)c3)CC2)CN1C(=O)CC1CC1. The number of carbonyl (C=O) groups excluding carboxylic acids is 2. The summed E-state index contributed by atoms with van der Waals surface area (Å²) in [5.74, 6) is 0.308. The molecule has 4 rings (SSSR count). The number of benzene rings is 1. The van der Waals surface area contributed by atoms with Gasteiger partial charge in [0.15, 0.2) is 0 Å². The van der Waals surface area contributed by atoms with Gasteiger partial charge < -0.3 is 15.1 Å². The molecule has 3 aliphatic rings. The van der Waals surface area contributed by atoms with Gasteiger partial charge in [-0.15, -0.1) is 0 Å². The first-order valence-corrected chi connectivity index (χ1v) is 11.0. The molecule has 9 heteroatoms. The van der Waals surface area contributed by atoms with Gasteiger partial charge in [0.1, 0.15) is 6.04 Å². The van der Waals surface area contributed by atoms with E-state index in [-0.39, 0.29) is 22.8 Å². The molecule has 2 heterocycles. The van der Waals surface area contributed by atoms with E-state index in [1.807, 2.05) is 4.90 Å². The average molecular weight is 448 g/mol. The number of likely N-dealkylation sites (tertiary alicyclic amines) is 1. The highest BCUT2D eigenvalue weighted by atomic mass is 19.4. The number of rotatable bonds is 4. The lowest BCUT2D eigenvalue weighted by molar-refractivity contribution is -0.138. The van der Waals surface area contributed by atoms with Crippen LogP contribution < -0.4 is 10.2 Å². The van der Waals surface area contributed by atoms with Gasteiger partial charge in [-0.3, -0.25) is 9.59 Å². The molecule has 2 aliphatic heterocycles. The fourth-order valence-corrected chi connectivity index (χ4v) is 5.07. The van der Waals surface area contributed by atoms with Crippen molar-refractivity contribution in [1.82, 2.24) is 10.2 Å². The van der Waals surface area contributed by atoms with Gasteiger partial charge in [-0.25, -0.2) is 0 Å². The van der Waals surface area contributed by atoms with Gasteiger partial charge in [-0.05, 0) is 61.6 Å². The van der Waals surface area contributed by atoms with Crippen molar-refractivity contribution in [2.75, 3.05) is 31.6 Å². The van der Waals surface area contributed by atoms with Crippen LogP contribution in [0.15, 0.2) is 18.2 Å². The minimum Gasteiger partial charge on any atom is -0.371 e. The maximum Gasteiger partial charge on any atom is 0.417 e. The maximum absolute atomic E-state index is 13.3. The number of anilines is 1. The van der Waals surface area contributed by atoms with E-state index in [0.717, 1.165) is 18.9 Å². The summed E-state index contributed by atoms with van der Waals surface area (Å²) in [5, 5.41) is 11.7. The van der Waals surface area contributed by atoms with Gasteiger partial charge in [-0.2, -0.15) is 18.4 Å². The molecule has 6 nitrogen and oxygen atoms in total. The number of nitrogens with zero attached hydrogens (tertiary/aromatic N) is 3. The summed E-state index contributed by atoms with van der Waals surface area (Å²) in [6, 6.07) is 4.95. The molecule has 1 aromatic rings. The molecule has 0 aromatic heterocycles. The third-order valence-corrected chi connectivity index (χ3v) is 7.16. The number of nitriles is 1. The standard InChI is InChI=1S/C23H27F3N4O2/c1-28-21(32)19-12-22(14-30(19)20(31)10-15-2-3-15)6-8-29(9-7-22)17-5-4-16(13-27)18(11-17)23(24,25)26/h4-5,11,15,19H,2-3,6-10,12,14H2,1H3,(H,28,32). The van der Waals surface area contributed by atoms with Crippen molar-refractivity contribution in [1.29, 1.82) is 5.26 Å². The van der Waals surface area contributed by atoms with Gasteiger partial charge in [0.25, 0.3) is 0 Å². The Morgan fingerprint density at radius 2 is 1.94 bits per heavy atom. The van der Waals surface area contributed by atoms with Crippen molar-refractivity contribution < 1.29 is 22.8 Å². The summed E-state index contributed by atoms with van der Waals surface area (Å²) < 4.78 is 40.0. The number of halogens is 3. The fourth-order valence-electron chi connectivity index (χ4n) is 5.07. The summed E-state index contributed by atoms with van der Waals surface area (Å²) in [6.07, 6.45) is -0.0142. The van der Waals surface area contributed by atoms with Crippen molar-refractivity contribution in [3.8, 4) is 6.07 Å². The first-order valence-electron chi connectivity index (χ1n) is 11.0. The third kappa shape index (κ3) is 4.41. The van der Waals surface area contributed by atoms with Gasteiger partial charge in [0.2, 0.25) is 11.8 Å². The van der Waals surface area contributed by atoms with Crippen LogP contribution in [0.1, 0.15) is 49.7 Å². The molecule has 0 bridgehead atoms. The molecule has 1 saturated carbocycles. The molecular formula is C23H27F3N4O2. The van der Waals surface area contributed by atoms with E-state index < -0.39 is 17.8 Å². The summed E-state index contributed by atoms with van der Waals surface area (Å²) in [7, 11) is 1.57. The second-order valence-corrected chi connectivity index (χ2v) is 9.33. The minimum absolute atomic E-state index is 0.0299. The number of hydrogen-bond donors (Lipinski definition) is 1. The van der Waals surface area contributed by atoms with Gasteiger partial charge in [0, 0.05) is 38.8 Å². The maximum atomic E-state index is 13.3. The highest BCUT2D eigenvalue weighted by Gasteiger charge is 2.50. The predicted octanol–water partition coefficient (Wildman–Crippen LogP) is 3.31. The second kappa shape index (κ2) is 8.30. The van der Waals surface area contributed by atoms with Crippen LogP contribution in [0.25, 0.3) is 0 Å². The van der Waals surface area contributed by atoms with E-state index in [9.17, 15) is 22.8 Å². The molecule has 1 atom stereocenters. The Labute approximate surface area is 185 Å². The zero-order valence-electron chi connectivity index (χ0n) is 18.0. The molecule has 1 N–H and O–H groups in total. The molecule has 172 valence electrons. The molecule has 3 fully saturated rings. The highest BCUT2D eigenvalue weighted by molar-refractivity contribution is 5.88. The smallest absolute Gasteiger partial charge is 0.371 e. The van der Waals surface area contributed by atoms with Crippen LogP contribution in [0.3, 0.4) is 0 Å². The molecule has 1 unspecified atom stereocenters. The van der Waals surface area contributed by atoms with Crippen molar-refractivity contribution in [3.05, 3.63) is 29.3 Å². The van der Waals surface area contributed by atoms with Gasteiger partial charge >= 0.3 is 6.18 Å². The third-order valence-electron chi connectivity index (χ3n) is 7.16. The second-order valence-electron chi connectivity index (χ2n) is 9.33. The van der Waals surface area contributed by atoms with Crippen LogP contribution in [-0.2, 0) is 15.8 Å². The summed E-state index contributed by atoms with van der Waals surface area (Å²) >= 11 is 0. The summed E-state index contributed by atoms with van der Waals surface area (Å²) in [6.45, 7) is 1.59. The largest absolute Gasteiger partial charge is 0.417 e. The Morgan fingerprint density at radius 3 is 2.50 bits per heavy atom. The van der Waals surface area contributed by atoms with Gasteiger partial charge in [0.05, 0.1) is 17.2 Å². The lowest BCUT2D eigenvalue weighted by atomic mass is 9.76. The molecule has 32 heavy (non-hydrogen) atoms. The zero-order valence-corrected chi connectivity index (χ0v) is 18.0. The first kappa shape index (κ1) is 22.4. The van der Waals surface area contributed by atoms with Crippen LogP contribution in [0, 0.1) is 22.7 Å². The molecule has 0 radical (unpaired) electrons. The molecule has 1 aromatic carbocycles. The number of alkyl halides is 3. The number of likely N-dealkylation sites (N-methyl/N-ethyl adjacent to an activating group) is 1. The molecule has 1 aliphatic carbocycles. The Morgan fingerprint density at radius 1 is 1.25 bits per heavy atom. The van der Waals surface area contributed by atoms with Crippen LogP contribution in [0.5, 0.6) is 0 Å². The van der Waals surface area contributed by atoms with Crippen LogP contribution in [0.2, 0.25) is 0 Å². The van der Waals surface area contributed by atoms with Crippen LogP contribution in [0.4, 0.5) is 18.9 Å². The lowest BCUT2D eigenvalue weighted by Crippen LogP contribution is -2.45. The van der Waals surface area contributed by atoms with E-state index in [2.05, 4.69) is 5.32 Å². The Kier molecular flexibility index (Phi) is 5.82. The predicted molar refractivity (Wildman–Crippen MR) is 112 cm³/mol. The van der Waals surface area contributed by atoms with Gasteiger partial charge in [-0.1, -0.05) is 0 Å². The number of nitrogens with one attached hydrogen (secondary N) is 1. The topological polar surface area (TPSA) is 76.4 Å². The molecule has 1 spiro atoms. The lowest BCUT2D eigenvalue weighted by Gasteiger charge is -2.40. The number of hydrogen-bond acceptors (Lipinski definition) is 4. The van der Waals surface area contributed by atoms with Crippen molar-refractivity contribution in [2.45, 2.75) is 50.7 Å². The van der Waals surface area contributed by atoms with Crippen molar-refractivity contribution in [3.63, 3.8) is 0 Å². The van der Waals surface area contributed by atoms with E-state index in [4.69, 9.17) is 5.26 Å². The van der Waals surface area contributed by atoms with E-state index in [0.29, 0.717) is 56.9 Å². The Bertz CT molecular complexity index is 944. The zero-order chi connectivity index (χ0) is 23.1. The number of amides is 2. The van der Waals surface area contributed by atoms with E-state index >= 15 is 0 Å². The average Bonchev–Trinajstić information content (AvgIpc) is 3.51. The van der Waals surface area contributed by atoms with Crippen molar-refractivity contribution in [2.24, 2.45) is 11.3 Å². The quantitative estimate of drug-likeness (QED) is 0.767. The minimum atomic E-state index is -4.59. The van der Waals surface area contributed by atoms with Crippen LogP contribution in [-0.4, -0.2) is 49.4 Å². The normalized spacial score (nSPS) is 22.7. The molecule has 2 amide bonds. The summed E-state index contributed by atoms with van der Waals surface area (Å²) in [4.78, 5) is 28.9. The number of carbonyl (C=O) groups is 2. The fraction of sp³-hybridized carbons (Fsp3) is 0.609. The first-order chi connectivity index (χ1) is 15.2. The number of piperidine rings is 1. The van der Waals surface area contributed by atoms with E-state index in [1.54, 1.807) is 24.1 Å². The summed E-state index contributed by atoms with van der Waals surface area (Å²) in [5.41, 5.74) is -1.07. The van der Waals surface area contributed by atoms with Crippen LogP contribution >= 0.6 is 0 Å². The molecule has 2 saturated heterocycles. The van der Waals surface area contributed by atoms with Crippen molar-refractivity contribution >= 4 is 17.5 Å². The monoisotopic (exact) mass is 448 g/mol.